The molecule has 6 heavy (non-hydrogen) atoms. The Balaban J connectivity index is -0.00000000667. The van der Waals surface area contributed by atoms with Crippen molar-refractivity contribution < 1.29 is 44.7 Å². The van der Waals surface area contributed by atoms with Crippen LogP contribution in [-0.4, -0.2) is 0 Å². The van der Waals surface area contributed by atoms with Crippen molar-refractivity contribution in [2.75, 3.05) is 0 Å². The Morgan fingerprint density at radius 2 is 1.00 bits per heavy atom. The van der Waals surface area contributed by atoms with Crippen LogP contribution in [-0.2, 0) is 44.7 Å². The second-order valence-electron chi connectivity index (χ2n) is 0.0714. The van der Waals surface area contributed by atoms with Crippen LogP contribution in [0.1, 0.15) is 0 Å². The van der Waals surface area contributed by atoms with Crippen molar-refractivity contribution in [1.29, 1.82) is 0 Å². The van der Waals surface area contributed by atoms with Gasteiger partial charge >= 0.3 is 43.0 Å². The minimum atomic E-state index is -0.145. The summed E-state index contributed by atoms with van der Waals surface area (Å²) < 4.78 is 0. The van der Waals surface area contributed by atoms with Crippen LogP contribution in [0.3, 0.4) is 0 Å². The first kappa shape index (κ1) is 23.3. The van der Waals surface area contributed by atoms with Gasteiger partial charge in [0.2, 0.25) is 0 Å². The van der Waals surface area contributed by atoms with E-state index in [-0.39, 0.29) is 59.6 Å². The fourth-order valence-electron chi connectivity index (χ4n) is 0. The molecule has 0 bridgehead atoms. The van der Waals surface area contributed by atoms with Crippen molar-refractivity contribution in [3.8, 4) is 0 Å². The summed E-state index contributed by atoms with van der Waals surface area (Å²) in [6, 6.07) is 0. The molecule has 0 aliphatic heterocycles. The molecule has 0 nitrogen and oxygen atoms in total. The molecule has 0 amide bonds. The molecule has 0 N–H and O–H groups in total. The fraction of sp³-hybridized carbons (Fsp3) is 0. The van der Waals surface area contributed by atoms with E-state index in [9.17, 15) is 0 Å². The molecule has 0 aromatic heterocycles. The van der Waals surface area contributed by atoms with Crippen LogP contribution in [0.2, 0.25) is 0 Å². The van der Waals surface area contributed by atoms with E-state index in [0.29, 0.717) is 0 Å². The van der Waals surface area contributed by atoms with Gasteiger partial charge in [-0.05, 0) is 0 Å². The van der Waals surface area contributed by atoms with Gasteiger partial charge in [-0.1, -0.05) is 0 Å². The molecule has 0 aromatic rings. The molecule has 0 saturated carbocycles. The van der Waals surface area contributed by atoms with Gasteiger partial charge in [0.1, 0.15) is 0 Å². The summed E-state index contributed by atoms with van der Waals surface area (Å²) in [7, 11) is 0. The molecule has 0 atom stereocenters. The van der Waals surface area contributed by atoms with E-state index in [1.54, 1.807) is 0 Å². The summed E-state index contributed by atoms with van der Waals surface area (Å²) in [5.74, 6) is 0. The zero-order valence-corrected chi connectivity index (χ0v) is 11.8. The van der Waals surface area contributed by atoms with Gasteiger partial charge in [0.15, 0.2) is 0 Å². The molecular formula is C2H6Br2Zr2. The quantitative estimate of drug-likeness (QED) is 0.574. The summed E-state index contributed by atoms with van der Waals surface area (Å²) in [6.45, 7) is 0. The summed E-state index contributed by atoms with van der Waals surface area (Å²) in [5.41, 5.74) is 0. The molecule has 36 valence electrons. The van der Waals surface area contributed by atoms with Crippen LogP contribution in [0.4, 0.5) is 0 Å². The van der Waals surface area contributed by atoms with Gasteiger partial charge in [-0.2, -0.15) is 0 Å². The molecule has 0 aromatic carbocycles. The summed E-state index contributed by atoms with van der Waals surface area (Å²) >= 11 is 6.32. The Morgan fingerprint density at radius 1 is 1.00 bits per heavy atom. The topological polar surface area (TPSA) is 0 Å². The van der Waals surface area contributed by atoms with E-state index in [1.165, 1.54) is 0 Å². The zero-order chi connectivity index (χ0) is 2.71. The Morgan fingerprint density at radius 3 is 1.00 bits per heavy atom. The van der Waals surface area contributed by atoms with Crippen LogP contribution in [0.15, 0.2) is 0 Å². The van der Waals surface area contributed by atoms with Crippen LogP contribution < -0.4 is 0 Å². The van der Waals surface area contributed by atoms with Gasteiger partial charge in [0, 0.05) is 26.2 Å². The van der Waals surface area contributed by atoms with E-state index in [1.807, 2.05) is 0 Å². The molecule has 0 aliphatic rings. The van der Waals surface area contributed by atoms with Crippen LogP contribution in [0, 0.1) is 14.9 Å². The molecule has 0 unspecified atom stereocenters. The predicted octanol–water partition coefficient (Wildman–Crippen LogP) is 2.59. The van der Waals surface area contributed by atoms with E-state index in [2.05, 4.69) is 24.4 Å². The largest absolute Gasteiger partial charge is 0.358 e. The van der Waals surface area contributed by atoms with E-state index in [0.717, 1.165) is 0 Å². The third kappa shape index (κ3) is 29.7. The van der Waals surface area contributed by atoms with Gasteiger partial charge in [-0.15, -0.1) is 0 Å². The van der Waals surface area contributed by atoms with E-state index >= 15 is 0 Å². The smallest absolute Gasteiger partial charge is 0 e. The van der Waals surface area contributed by atoms with Crippen molar-refractivity contribution in [3.63, 3.8) is 0 Å². The average Bonchev–Trinajstić information content (AvgIpc) is 0.918. The molecule has 0 aliphatic carbocycles. The monoisotopic (exact) mass is 368 g/mol. The molecule has 0 rings (SSSR count). The number of rotatable bonds is 0. The SMILES string of the molecule is [Br][Zr+2][Br].[CH3-].[CH3-].[Zr]. The van der Waals surface area contributed by atoms with Crippen molar-refractivity contribution >= 4 is 24.4 Å². The fourth-order valence-corrected chi connectivity index (χ4v) is 0. The average molecular weight is 372 g/mol. The zero-order valence-electron chi connectivity index (χ0n) is 3.76. The van der Waals surface area contributed by atoms with Gasteiger partial charge in [-0.3, -0.25) is 0 Å². The number of hydrogen-bond donors (Lipinski definition) is 0. The third-order valence-electron chi connectivity index (χ3n) is 0. The Kier molecular flexibility index (Phi) is 97.8. The molecule has 4 heteroatoms. The Labute approximate surface area is 82.4 Å². The maximum absolute atomic E-state index is 3.23. The van der Waals surface area contributed by atoms with Crippen molar-refractivity contribution in [1.82, 2.24) is 0 Å². The third-order valence-corrected chi connectivity index (χ3v) is 0. The predicted molar refractivity (Wildman–Crippen MR) is 30.7 cm³/mol. The maximum Gasteiger partial charge on any atom is 0 e. The van der Waals surface area contributed by atoms with E-state index in [4.69, 9.17) is 0 Å². The summed E-state index contributed by atoms with van der Waals surface area (Å²) in [5, 5.41) is 0. The molecule has 0 radical (unpaired) electrons. The van der Waals surface area contributed by atoms with Gasteiger partial charge in [-0.25, -0.2) is 0 Å². The molecule has 0 spiro atoms. The van der Waals surface area contributed by atoms with Crippen molar-refractivity contribution in [3.05, 3.63) is 14.9 Å². The summed E-state index contributed by atoms with van der Waals surface area (Å²) in [4.78, 5) is 0. The van der Waals surface area contributed by atoms with Crippen LogP contribution in [0.5, 0.6) is 0 Å². The number of halogens is 2. The van der Waals surface area contributed by atoms with Crippen LogP contribution >= 0.6 is 24.4 Å². The minimum Gasteiger partial charge on any atom is -0.358 e. The molecule has 0 saturated heterocycles. The first-order valence-corrected chi connectivity index (χ1v) is 11.6. The van der Waals surface area contributed by atoms with Gasteiger partial charge < -0.3 is 14.9 Å². The number of hydrogen-bond acceptors (Lipinski definition) is 0. The first-order valence-electron chi connectivity index (χ1n) is 0.378. The first-order chi connectivity index (χ1) is 1.41. The second kappa shape index (κ2) is 25.2. The van der Waals surface area contributed by atoms with Crippen LogP contribution in [0.25, 0.3) is 0 Å². The standard InChI is InChI=1S/2CH3.2BrH.2Zr/h2*1H3;2*1H;;/q2*-1;;;;+4/p-2. The van der Waals surface area contributed by atoms with Gasteiger partial charge in [0.25, 0.3) is 0 Å². The normalized spacial score (nSPS) is 1.67. The molecular weight excluding hydrogens is 366 g/mol. The van der Waals surface area contributed by atoms with Crippen molar-refractivity contribution in [2.45, 2.75) is 0 Å². The van der Waals surface area contributed by atoms with Crippen molar-refractivity contribution in [2.24, 2.45) is 0 Å². The van der Waals surface area contributed by atoms with Gasteiger partial charge in [0.05, 0.1) is 0 Å². The second-order valence-corrected chi connectivity index (χ2v) is 11.4. The summed E-state index contributed by atoms with van der Waals surface area (Å²) in [6.07, 6.45) is 0. The maximum atomic E-state index is 3.23. The minimum absolute atomic E-state index is 0. The van der Waals surface area contributed by atoms with E-state index < -0.39 is 0 Å². The Hall–Kier alpha value is 2.73. The Bertz CT molecular complexity index is 9.51. The molecule has 0 fully saturated rings. The molecule has 0 heterocycles.